The van der Waals surface area contributed by atoms with Gasteiger partial charge >= 0.3 is 0 Å². The summed E-state index contributed by atoms with van der Waals surface area (Å²) < 4.78 is 7.54. The molecule has 0 fully saturated rings. The van der Waals surface area contributed by atoms with E-state index in [0.29, 0.717) is 18.7 Å². The highest BCUT2D eigenvalue weighted by Crippen LogP contribution is 2.36. The van der Waals surface area contributed by atoms with E-state index in [1.807, 2.05) is 37.3 Å². The van der Waals surface area contributed by atoms with Crippen LogP contribution in [-0.2, 0) is 6.54 Å². The molecule has 0 bridgehead atoms. The van der Waals surface area contributed by atoms with Gasteiger partial charge in [-0.2, -0.15) is 5.10 Å². The van der Waals surface area contributed by atoms with Crippen molar-refractivity contribution in [1.29, 1.82) is 0 Å². The molecular formula is C20H20N4O2. The van der Waals surface area contributed by atoms with Gasteiger partial charge in [0.2, 0.25) is 0 Å². The van der Waals surface area contributed by atoms with Crippen LogP contribution in [0.15, 0.2) is 49.1 Å². The number of carbonyl (C=O) groups excluding carboxylic acids is 1. The lowest BCUT2D eigenvalue weighted by Crippen LogP contribution is -2.30. The lowest BCUT2D eigenvalue weighted by Gasteiger charge is -2.14. The normalized spacial score (nSPS) is 15.4. The Kier molecular flexibility index (Phi) is 4.16. The standard InChI is InChI=1S/C20H20N4O2/c1-13-7-8-17-18(10-26-19(17)14(13)2)23-20(25)16-6-4-3-5-15(16)9-24-12-21-11-22-24/h3-8,11-12,18H,9-10H2,1-2H3,(H,23,25)/t18-/m1/s1. The van der Waals surface area contributed by atoms with Crippen molar-refractivity contribution in [2.75, 3.05) is 6.61 Å². The van der Waals surface area contributed by atoms with Crippen molar-refractivity contribution < 1.29 is 9.53 Å². The third-order valence-electron chi connectivity index (χ3n) is 4.84. The molecule has 0 aliphatic carbocycles. The number of aryl methyl sites for hydroxylation is 1. The van der Waals surface area contributed by atoms with Crippen molar-refractivity contribution in [1.82, 2.24) is 20.1 Å². The summed E-state index contributed by atoms with van der Waals surface area (Å²) in [6.45, 7) is 5.06. The van der Waals surface area contributed by atoms with E-state index in [1.165, 1.54) is 11.9 Å². The molecule has 6 nitrogen and oxygen atoms in total. The lowest BCUT2D eigenvalue weighted by atomic mass is 10.0. The largest absolute Gasteiger partial charge is 0.490 e. The van der Waals surface area contributed by atoms with E-state index in [0.717, 1.165) is 22.4 Å². The highest BCUT2D eigenvalue weighted by Gasteiger charge is 2.28. The predicted molar refractivity (Wildman–Crippen MR) is 97.2 cm³/mol. The number of nitrogens with one attached hydrogen (secondary N) is 1. The number of carbonyl (C=O) groups is 1. The maximum Gasteiger partial charge on any atom is 0.252 e. The van der Waals surface area contributed by atoms with Crippen LogP contribution in [0.2, 0.25) is 0 Å². The average Bonchev–Trinajstić information content (AvgIpc) is 3.29. The third-order valence-corrected chi connectivity index (χ3v) is 4.84. The van der Waals surface area contributed by atoms with Crippen molar-refractivity contribution in [2.45, 2.75) is 26.4 Å². The van der Waals surface area contributed by atoms with Crippen LogP contribution in [0.5, 0.6) is 5.75 Å². The molecular weight excluding hydrogens is 328 g/mol. The number of aromatic nitrogens is 3. The van der Waals surface area contributed by atoms with Crippen LogP contribution in [0.25, 0.3) is 0 Å². The van der Waals surface area contributed by atoms with E-state index in [2.05, 4.69) is 28.4 Å². The smallest absolute Gasteiger partial charge is 0.252 e. The first-order valence-electron chi connectivity index (χ1n) is 8.57. The first-order valence-corrected chi connectivity index (χ1v) is 8.57. The monoisotopic (exact) mass is 348 g/mol. The molecule has 1 N–H and O–H groups in total. The molecule has 1 atom stereocenters. The van der Waals surface area contributed by atoms with E-state index in [-0.39, 0.29) is 11.9 Å². The molecule has 132 valence electrons. The van der Waals surface area contributed by atoms with Crippen molar-refractivity contribution in [3.63, 3.8) is 0 Å². The molecule has 0 saturated carbocycles. The molecule has 26 heavy (non-hydrogen) atoms. The Morgan fingerprint density at radius 3 is 2.92 bits per heavy atom. The molecule has 6 heteroatoms. The van der Waals surface area contributed by atoms with Gasteiger partial charge in [0.1, 0.15) is 25.0 Å². The molecule has 1 amide bonds. The van der Waals surface area contributed by atoms with Crippen LogP contribution in [0.1, 0.15) is 38.7 Å². The summed E-state index contributed by atoms with van der Waals surface area (Å²) in [4.78, 5) is 16.9. The molecule has 0 spiro atoms. The quantitative estimate of drug-likeness (QED) is 0.787. The van der Waals surface area contributed by atoms with Gasteiger partial charge in [0.05, 0.1) is 12.6 Å². The van der Waals surface area contributed by atoms with Crippen molar-refractivity contribution in [2.24, 2.45) is 0 Å². The van der Waals surface area contributed by atoms with Crippen molar-refractivity contribution in [3.05, 3.63) is 76.9 Å². The summed E-state index contributed by atoms with van der Waals surface area (Å²) >= 11 is 0. The third kappa shape index (κ3) is 2.94. The molecule has 3 aromatic rings. The Morgan fingerprint density at radius 1 is 1.27 bits per heavy atom. The molecule has 1 aliphatic rings. The molecule has 0 saturated heterocycles. The summed E-state index contributed by atoms with van der Waals surface area (Å²) in [6, 6.07) is 11.5. The van der Waals surface area contributed by atoms with Gasteiger partial charge in [0, 0.05) is 11.1 Å². The zero-order chi connectivity index (χ0) is 18.1. The van der Waals surface area contributed by atoms with Gasteiger partial charge in [-0.3, -0.25) is 4.79 Å². The van der Waals surface area contributed by atoms with Gasteiger partial charge in [-0.25, -0.2) is 9.67 Å². The minimum Gasteiger partial charge on any atom is -0.490 e. The second-order valence-electron chi connectivity index (χ2n) is 6.51. The minimum absolute atomic E-state index is 0.111. The predicted octanol–water partition coefficient (Wildman–Crippen LogP) is 2.81. The zero-order valence-electron chi connectivity index (χ0n) is 14.8. The van der Waals surface area contributed by atoms with E-state index in [4.69, 9.17) is 4.74 Å². The number of nitrogens with zero attached hydrogens (tertiary/aromatic N) is 3. The van der Waals surface area contributed by atoms with Crippen LogP contribution in [0, 0.1) is 13.8 Å². The van der Waals surface area contributed by atoms with Gasteiger partial charge in [0.25, 0.3) is 5.91 Å². The fourth-order valence-electron chi connectivity index (χ4n) is 3.26. The number of amides is 1. The average molecular weight is 348 g/mol. The number of benzene rings is 2. The number of rotatable bonds is 4. The van der Waals surface area contributed by atoms with Crippen LogP contribution < -0.4 is 10.1 Å². The number of hydrogen-bond donors (Lipinski definition) is 1. The second-order valence-corrected chi connectivity index (χ2v) is 6.51. The molecule has 1 aromatic heterocycles. The van der Waals surface area contributed by atoms with E-state index in [1.54, 1.807) is 11.0 Å². The topological polar surface area (TPSA) is 69.0 Å². The Hall–Kier alpha value is -3.15. The molecule has 2 aromatic carbocycles. The fourth-order valence-corrected chi connectivity index (χ4v) is 3.26. The van der Waals surface area contributed by atoms with Crippen LogP contribution >= 0.6 is 0 Å². The summed E-state index contributed by atoms with van der Waals surface area (Å²) in [7, 11) is 0. The summed E-state index contributed by atoms with van der Waals surface area (Å²) in [5.41, 5.74) is 4.89. The van der Waals surface area contributed by atoms with Crippen LogP contribution in [-0.4, -0.2) is 27.3 Å². The maximum absolute atomic E-state index is 12.9. The fraction of sp³-hybridized carbons (Fsp3) is 0.250. The molecule has 1 aliphatic heterocycles. The molecule has 0 radical (unpaired) electrons. The van der Waals surface area contributed by atoms with E-state index < -0.39 is 0 Å². The minimum atomic E-state index is -0.142. The van der Waals surface area contributed by atoms with E-state index >= 15 is 0 Å². The molecule has 0 unspecified atom stereocenters. The van der Waals surface area contributed by atoms with Gasteiger partial charge < -0.3 is 10.1 Å². The van der Waals surface area contributed by atoms with Crippen molar-refractivity contribution >= 4 is 5.91 Å². The van der Waals surface area contributed by atoms with Gasteiger partial charge in [-0.1, -0.05) is 30.3 Å². The molecule has 2 heterocycles. The maximum atomic E-state index is 12.9. The SMILES string of the molecule is Cc1ccc2c(c1C)OC[C@H]2NC(=O)c1ccccc1Cn1cncn1. The van der Waals surface area contributed by atoms with Crippen LogP contribution in [0.4, 0.5) is 0 Å². The summed E-state index contributed by atoms with van der Waals surface area (Å²) in [5.74, 6) is 0.784. The van der Waals surface area contributed by atoms with Gasteiger partial charge in [0.15, 0.2) is 0 Å². The highest BCUT2D eigenvalue weighted by atomic mass is 16.5. The Morgan fingerprint density at radius 2 is 2.12 bits per heavy atom. The highest BCUT2D eigenvalue weighted by molar-refractivity contribution is 5.96. The first kappa shape index (κ1) is 16.3. The van der Waals surface area contributed by atoms with Crippen molar-refractivity contribution in [3.8, 4) is 5.75 Å². The Bertz CT molecular complexity index is 950. The number of fused-ring (bicyclic) bond motifs is 1. The Balaban J connectivity index is 1.57. The first-order chi connectivity index (χ1) is 12.6. The summed E-state index contributed by atoms with van der Waals surface area (Å²) in [5, 5.41) is 7.23. The Labute approximate surface area is 151 Å². The second kappa shape index (κ2) is 6.63. The summed E-state index contributed by atoms with van der Waals surface area (Å²) in [6.07, 6.45) is 3.13. The number of hydrogen-bond acceptors (Lipinski definition) is 4. The molecule has 4 rings (SSSR count). The number of ether oxygens (including phenoxy) is 1. The van der Waals surface area contributed by atoms with Gasteiger partial charge in [-0.05, 0) is 36.6 Å². The van der Waals surface area contributed by atoms with E-state index in [9.17, 15) is 4.79 Å². The zero-order valence-corrected chi connectivity index (χ0v) is 14.8. The lowest BCUT2D eigenvalue weighted by molar-refractivity contribution is 0.0929. The van der Waals surface area contributed by atoms with Crippen LogP contribution in [0.3, 0.4) is 0 Å². The van der Waals surface area contributed by atoms with Gasteiger partial charge in [-0.15, -0.1) is 0 Å².